The third-order valence-electron chi connectivity index (χ3n) is 11.6. The minimum atomic E-state index is -0.354. The van der Waals surface area contributed by atoms with Gasteiger partial charge in [-0.15, -0.1) is 0 Å². The summed E-state index contributed by atoms with van der Waals surface area (Å²) < 4.78 is 30.5. The highest BCUT2D eigenvalue weighted by Crippen LogP contribution is 2.27. The molecule has 0 bridgehead atoms. The highest BCUT2D eigenvalue weighted by molar-refractivity contribution is 6.31. The summed E-state index contributed by atoms with van der Waals surface area (Å²) in [6.07, 6.45) is 1.59. The van der Waals surface area contributed by atoms with E-state index in [-0.39, 0.29) is 28.9 Å². The monoisotopic (exact) mass is 1060 g/mol. The maximum absolute atomic E-state index is 12.7. The number of benzene rings is 10. The molecule has 0 aliphatic rings. The molecular formula is C65H48Cl3FO7. The topological polar surface area (TPSA) is 102 Å². The maximum Gasteiger partial charge on any atom is 0.193 e. The Labute approximate surface area is 455 Å². The van der Waals surface area contributed by atoms with E-state index in [2.05, 4.69) is 24.3 Å². The lowest BCUT2D eigenvalue weighted by Gasteiger charge is -2.10. The first-order valence-corrected chi connectivity index (χ1v) is 25.0. The van der Waals surface area contributed by atoms with E-state index in [1.54, 1.807) is 97.1 Å². The van der Waals surface area contributed by atoms with E-state index in [1.165, 1.54) is 29.8 Å². The number of phenols is 2. The molecule has 10 aromatic carbocycles. The molecular weight excluding hydrogens is 1020 g/mol. The van der Waals surface area contributed by atoms with E-state index in [0.717, 1.165) is 58.1 Å². The van der Waals surface area contributed by atoms with Gasteiger partial charge < -0.3 is 24.4 Å². The smallest absolute Gasteiger partial charge is 0.193 e. The number of phenolic OH excluding ortho intramolecular Hbond substituents is 2. The second-order valence-electron chi connectivity index (χ2n) is 17.3. The summed E-state index contributed by atoms with van der Waals surface area (Å²) in [6, 6.07) is 71.6. The van der Waals surface area contributed by atoms with Crippen LogP contribution in [0.15, 0.2) is 243 Å². The number of aromatic hydroxyl groups is 2. The number of hydrogen-bond acceptors (Lipinski definition) is 7. The largest absolute Gasteiger partial charge is 0.508 e. The van der Waals surface area contributed by atoms with Crippen molar-refractivity contribution >= 4 is 46.4 Å². The van der Waals surface area contributed by atoms with Crippen LogP contribution in [-0.2, 0) is 19.4 Å². The van der Waals surface area contributed by atoms with Crippen LogP contribution < -0.4 is 14.2 Å². The van der Waals surface area contributed by atoms with E-state index < -0.39 is 0 Å². The normalized spacial score (nSPS) is 10.5. The number of hydrogen-bond donors (Lipinski definition) is 2. The van der Waals surface area contributed by atoms with Gasteiger partial charge in [0.25, 0.3) is 0 Å². The van der Waals surface area contributed by atoms with E-state index in [0.29, 0.717) is 49.7 Å². The number of ketones is 2. The molecule has 2 N–H and O–H groups in total. The van der Waals surface area contributed by atoms with Gasteiger partial charge in [0.15, 0.2) is 11.6 Å². The standard InChI is InChI=1S/C39H28Cl2O4.C13H8ClFO.C13H12O2/c40-32-11-7-30(8-12-32)39(42)31-9-21-38(22-10-31)45-36-17-3-28(4-18-36)25-27-1-15-35(16-2-27)44-37-19-5-29(6-20-37)26-43-34-23-13-33(41)14-24-34;14-11-5-1-9(2-6-11)13(16)10-3-7-12(15)8-4-10;14-12-5-1-10(2-6-12)9-11-3-7-13(15)8-4-11/h1-24H,25-26H2;1-8H;1-8,14-15H,9H2. The number of rotatable bonds is 15. The predicted octanol–water partition coefficient (Wildman–Crippen LogP) is 17.4. The quantitative estimate of drug-likeness (QED) is 0.0986. The van der Waals surface area contributed by atoms with Crippen molar-refractivity contribution in [2.45, 2.75) is 19.4 Å². The molecule has 7 nitrogen and oxygen atoms in total. The second kappa shape index (κ2) is 26.5. The van der Waals surface area contributed by atoms with Crippen molar-refractivity contribution in [2.75, 3.05) is 0 Å². The molecule has 0 saturated heterocycles. The Morgan fingerprint density at radius 3 is 0.921 bits per heavy atom. The summed E-state index contributed by atoms with van der Waals surface area (Å²) in [7, 11) is 0. The Morgan fingerprint density at radius 1 is 0.329 bits per heavy atom. The van der Waals surface area contributed by atoms with Crippen LogP contribution in [0.5, 0.6) is 40.2 Å². The van der Waals surface area contributed by atoms with Gasteiger partial charge in [-0.05, 0) is 223 Å². The Balaban J connectivity index is 0.000000199. The van der Waals surface area contributed by atoms with Gasteiger partial charge in [-0.3, -0.25) is 9.59 Å². The van der Waals surface area contributed by atoms with Gasteiger partial charge in [-0.25, -0.2) is 4.39 Å². The fraction of sp³-hybridized carbons (Fsp3) is 0.0462. The zero-order valence-electron chi connectivity index (χ0n) is 40.7. The van der Waals surface area contributed by atoms with Gasteiger partial charge in [0.1, 0.15) is 52.7 Å². The molecule has 0 radical (unpaired) electrons. The molecule has 10 rings (SSSR count). The molecule has 0 fully saturated rings. The average molecular weight is 1070 g/mol. The van der Waals surface area contributed by atoms with Crippen molar-refractivity contribution in [3.05, 3.63) is 314 Å². The van der Waals surface area contributed by atoms with Crippen LogP contribution >= 0.6 is 34.8 Å². The third kappa shape index (κ3) is 16.4. The van der Waals surface area contributed by atoms with Gasteiger partial charge >= 0.3 is 0 Å². The minimum absolute atomic E-state index is 0.0616. The SMILES string of the molecule is O=C(c1ccc(Cl)cc1)c1ccc(Oc2ccc(Cc3ccc(Oc4ccc(COc5ccc(Cl)cc5)cc4)cc3)cc2)cc1.O=C(c1ccc(F)cc1)c1ccc(Cl)cc1.Oc1ccc(Cc2ccc(O)cc2)cc1. The van der Waals surface area contributed by atoms with Crippen molar-refractivity contribution in [1.29, 1.82) is 0 Å². The molecule has 0 aromatic heterocycles. The van der Waals surface area contributed by atoms with E-state index in [9.17, 15) is 14.0 Å². The van der Waals surface area contributed by atoms with Gasteiger partial charge in [0, 0.05) is 37.3 Å². The van der Waals surface area contributed by atoms with E-state index in [1.807, 2.05) is 97.1 Å². The first kappa shape index (κ1) is 53.6. The molecule has 10 aromatic rings. The molecule has 0 aliphatic carbocycles. The average Bonchev–Trinajstić information content (AvgIpc) is 3.44. The summed E-state index contributed by atoms with van der Waals surface area (Å²) in [5, 5.41) is 20.1. The highest BCUT2D eigenvalue weighted by Gasteiger charge is 2.11. The van der Waals surface area contributed by atoms with Crippen LogP contribution in [0.25, 0.3) is 0 Å². The maximum atomic E-state index is 12.7. The Bertz CT molecular complexity index is 3340. The van der Waals surface area contributed by atoms with Crippen molar-refractivity contribution < 1.29 is 38.4 Å². The third-order valence-corrected chi connectivity index (χ3v) is 12.3. The highest BCUT2D eigenvalue weighted by atomic mass is 35.5. The fourth-order valence-corrected chi connectivity index (χ4v) is 7.86. The first-order chi connectivity index (χ1) is 36.9. The van der Waals surface area contributed by atoms with Crippen LogP contribution in [0.1, 0.15) is 59.7 Å². The summed E-state index contributed by atoms with van der Waals surface area (Å²) in [4.78, 5) is 24.6. The molecule has 0 atom stereocenters. The first-order valence-electron chi connectivity index (χ1n) is 23.9. The summed E-state index contributed by atoms with van der Waals surface area (Å²) in [5.74, 6) is 3.70. The van der Waals surface area contributed by atoms with Crippen LogP contribution in [-0.4, -0.2) is 21.8 Å². The Hall–Kier alpha value is -8.66. The Kier molecular flexibility index (Phi) is 18.7. The van der Waals surface area contributed by atoms with Crippen LogP contribution in [0.3, 0.4) is 0 Å². The van der Waals surface area contributed by atoms with Crippen molar-refractivity contribution in [3.8, 4) is 40.2 Å². The van der Waals surface area contributed by atoms with Crippen molar-refractivity contribution in [3.63, 3.8) is 0 Å². The van der Waals surface area contributed by atoms with Gasteiger partial charge in [-0.1, -0.05) is 95.5 Å². The fourth-order valence-electron chi connectivity index (χ4n) is 7.48. The molecule has 0 saturated carbocycles. The number of carbonyl (C=O) groups is 2. The summed E-state index contributed by atoms with van der Waals surface area (Å²) in [6.45, 7) is 0.463. The second-order valence-corrected chi connectivity index (χ2v) is 18.6. The predicted molar refractivity (Wildman–Crippen MR) is 300 cm³/mol. The summed E-state index contributed by atoms with van der Waals surface area (Å²) in [5.41, 5.74) is 7.84. The zero-order chi connectivity index (χ0) is 53.2. The van der Waals surface area contributed by atoms with E-state index >= 15 is 0 Å². The molecule has 76 heavy (non-hydrogen) atoms. The number of ether oxygens (including phenoxy) is 3. The lowest BCUT2D eigenvalue weighted by molar-refractivity contribution is 0.103. The Morgan fingerprint density at radius 2 is 0.579 bits per heavy atom. The molecule has 0 aliphatic heterocycles. The van der Waals surface area contributed by atoms with Crippen molar-refractivity contribution in [1.82, 2.24) is 0 Å². The molecule has 378 valence electrons. The zero-order valence-corrected chi connectivity index (χ0v) is 42.9. The lowest BCUT2D eigenvalue weighted by atomic mass is 10.0. The van der Waals surface area contributed by atoms with Gasteiger partial charge in [0.2, 0.25) is 0 Å². The molecule has 11 heteroatoms. The number of carbonyl (C=O) groups excluding carboxylic acids is 2. The van der Waals surface area contributed by atoms with Gasteiger partial charge in [0.05, 0.1) is 0 Å². The summed E-state index contributed by atoms with van der Waals surface area (Å²) >= 11 is 17.6. The minimum Gasteiger partial charge on any atom is -0.508 e. The van der Waals surface area contributed by atoms with Crippen LogP contribution in [0.2, 0.25) is 15.1 Å². The van der Waals surface area contributed by atoms with Crippen molar-refractivity contribution in [2.24, 2.45) is 0 Å². The number of halogens is 4. The van der Waals surface area contributed by atoms with E-state index in [4.69, 9.17) is 59.2 Å². The molecule has 0 amide bonds. The molecule has 0 heterocycles. The molecule has 0 spiro atoms. The van der Waals surface area contributed by atoms with Gasteiger partial charge in [-0.2, -0.15) is 0 Å². The van der Waals surface area contributed by atoms with Crippen LogP contribution in [0.4, 0.5) is 4.39 Å². The molecule has 0 unspecified atom stereocenters. The van der Waals surface area contributed by atoms with Crippen LogP contribution in [0, 0.1) is 5.82 Å². The lowest BCUT2D eigenvalue weighted by Crippen LogP contribution is -2.00.